The van der Waals surface area contributed by atoms with Crippen molar-refractivity contribution < 1.29 is 28.5 Å². The van der Waals surface area contributed by atoms with Crippen molar-refractivity contribution in [1.82, 2.24) is 4.90 Å². The minimum Gasteiger partial charge on any atom is -0.348 e. The first-order valence-electron chi connectivity index (χ1n) is 9.44. The number of nitrogens with zero attached hydrogens (tertiary/aromatic N) is 1. The Bertz CT molecular complexity index is 591. The molecule has 0 bridgehead atoms. The predicted molar refractivity (Wildman–Crippen MR) is 92.0 cm³/mol. The maximum absolute atomic E-state index is 12.4. The van der Waals surface area contributed by atoms with Gasteiger partial charge in [-0.2, -0.15) is 0 Å². The third-order valence-corrected chi connectivity index (χ3v) is 5.68. The average molecular weight is 367 g/mol. The zero-order valence-corrected chi connectivity index (χ0v) is 16.0. The minimum atomic E-state index is -0.698. The van der Waals surface area contributed by atoms with Crippen molar-refractivity contribution in [2.24, 2.45) is 5.92 Å². The molecule has 4 fully saturated rings. The summed E-state index contributed by atoms with van der Waals surface area (Å²) in [5.74, 6) is -1.21. The molecule has 0 aliphatic carbocycles. The van der Waals surface area contributed by atoms with Crippen LogP contribution in [0.4, 0.5) is 0 Å². The van der Waals surface area contributed by atoms with Crippen LogP contribution in [0.2, 0.25) is 0 Å². The van der Waals surface area contributed by atoms with E-state index in [9.17, 15) is 4.79 Å². The lowest BCUT2D eigenvalue weighted by Crippen LogP contribution is -2.49. The summed E-state index contributed by atoms with van der Waals surface area (Å²) < 4.78 is 30.3. The summed E-state index contributed by atoms with van der Waals surface area (Å²) in [6.45, 7) is 12.4. The molecule has 4 aliphatic rings. The first-order chi connectivity index (χ1) is 12.2. The highest BCUT2D eigenvalue weighted by atomic mass is 16.8. The number of hydrogen-bond acceptors (Lipinski definition) is 6. The van der Waals surface area contributed by atoms with Crippen LogP contribution in [0.25, 0.3) is 0 Å². The van der Waals surface area contributed by atoms with E-state index in [4.69, 9.17) is 23.7 Å². The lowest BCUT2D eigenvalue weighted by molar-refractivity contribution is -0.229. The normalized spacial score (nSPS) is 43.8. The van der Waals surface area contributed by atoms with Gasteiger partial charge in [0.1, 0.15) is 12.2 Å². The van der Waals surface area contributed by atoms with Gasteiger partial charge < -0.3 is 28.6 Å². The van der Waals surface area contributed by atoms with Crippen LogP contribution >= 0.6 is 0 Å². The topological polar surface area (TPSA) is 66.5 Å². The molecule has 0 aromatic carbocycles. The van der Waals surface area contributed by atoms with Gasteiger partial charge in [0, 0.05) is 24.9 Å². The molecule has 0 aromatic rings. The van der Waals surface area contributed by atoms with Gasteiger partial charge in [-0.3, -0.25) is 4.79 Å². The van der Waals surface area contributed by atoms with E-state index in [-0.39, 0.29) is 36.2 Å². The van der Waals surface area contributed by atoms with Crippen LogP contribution in [0, 0.1) is 5.92 Å². The van der Waals surface area contributed by atoms with Crippen molar-refractivity contribution >= 4 is 5.91 Å². The number of carbonyl (C=O) groups is 1. The van der Waals surface area contributed by atoms with E-state index in [0.29, 0.717) is 19.6 Å². The molecule has 0 aromatic heterocycles. The number of likely N-dealkylation sites (tertiary alicyclic amines) is 1. The molecule has 4 rings (SSSR count). The average Bonchev–Trinajstić information content (AvgIpc) is 3.23. The Morgan fingerprint density at radius 1 is 1.15 bits per heavy atom. The highest BCUT2D eigenvalue weighted by Gasteiger charge is 2.61. The lowest BCUT2D eigenvalue weighted by Gasteiger charge is -2.36. The minimum absolute atomic E-state index is 0.0188. The molecule has 0 radical (unpaired) electrons. The van der Waals surface area contributed by atoms with E-state index in [2.05, 4.69) is 6.58 Å². The second-order valence-electron chi connectivity index (χ2n) is 8.45. The standard InChI is InChI=1S/C19H29NO6/c1-6-9-20-11(7-8-13(20)21)14-15(12-10-22-18(2,3)24-12)23-17-16(14)25-19(4,5)26-17/h6,11-12,14-17H,1,7-10H2,2-5H3/t11-,12+,14+,15+,16+,17+/m0/s1. The van der Waals surface area contributed by atoms with Gasteiger partial charge in [-0.15, -0.1) is 6.58 Å². The van der Waals surface area contributed by atoms with Crippen molar-refractivity contribution in [2.75, 3.05) is 13.2 Å². The molecule has 4 aliphatic heterocycles. The molecule has 0 spiro atoms. The maximum Gasteiger partial charge on any atom is 0.223 e. The monoisotopic (exact) mass is 367 g/mol. The number of rotatable bonds is 4. The molecule has 1 amide bonds. The quantitative estimate of drug-likeness (QED) is 0.706. The van der Waals surface area contributed by atoms with Gasteiger partial charge in [-0.25, -0.2) is 0 Å². The Hall–Kier alpha value is -0.990. The van der Waals surface area contributed by atoms with Gasteiger partial charge in [-0.05, 0) is 34.1 Å². The smallest absolute Gasteiger partial charge is 0.223 e. The van der Waals surface area contributed by atoms with Gasteiger partial charge in [0.2, 0.25) is 5.91 Å². The van der Waals surface area contributed by atoms with E-state index in [0.717, 1.165) is 6.42 Å². The number of ether oxygens (including phenoxy) is 5. The Kier molecular flexibility index (Phi) is 4.44. The zero-order valence-electron chi connectivity index (χ0n) is 16.0. The highest BCUT2D eigenvalue weighted by molar-refractivity contribution is 5.79. The van der Waals surface area contributed by atoms with Crippen molar-refractivity contribution in [3.05, 3.63) is 12.7 Å². The van der Waals surface area contributed by atoms with Crippen LogP contribution in [0.3, 0.4) is 0 Å². The summed E-state index contributed by atoms with van der Waals surface area (Å²) in [4.78, 5) is 14.3. The maximum atomic E-state index is 12.4. The fourth-order valence-corrected chi connectivity index (χ4v) is 4.74. The summed E-state index contributed by atoms with van der Waals surface area (Å²) in [7, 11) is 0. The molecule has 4 heterocycles. The number of fused-ring (bicyclic) bond motifs is 1. The van der Waals surface area contributed by atoms with E-state index >= 15 is 0 Å². The van der Waals surface area contributed by atoms with Gasteiger partial charge in [0.15, 0.2) is 17.9 Å². The Morgan fingerprint density at radius 2 is 1.92 bits per heavy atom. The molecular weight excluding hydrogens is 338 g/mol. The van der Waals surface area contributed by atoms with Gasteiger partial charge in [-0.1, -0.05) is 6.08 Å². The summed E-state index contributed by atoms with van der Waals surface area (Å²) in [6.07, 6.45) is 1.95. The third-order valence-electron chi connectivity index (χ3n) is 5.68. The molecule has 0 N–H and O–H groups in total. The molecular formula is C19H29NO6. The fraction of sp³-hybridized carbons (Fsp3) is 0.842. The fourth-order valence-electron chi connectivity index (χ4n) is 4.74. The van der Waals surface area contributed by atoms with E-state index < -0.39 is 17.9 Å². The predicted octanol–water partition coefficient (Wildman–Crippen LogP) is 1.81. The van der Waals surface area contributed by atoms with Crippen LogP contribution in [0.5, 0.6) is 0 Å². The molecule has 0 saturated carbocycles. The largest absolute Gasteiger partial charge is 0.348 e. The van der Waals surface area contributed by atoms with Crippen molar-refractivity contribution in [3.8, 4) is 0 Å². The van der Waals surface area contributed by atoms with Crippen LogP contribution in [0.1, 0.15) is 40.5 Å². The second-order valence-corrected chi connectivity index (χ2v) is 8.45. The van der Waals surface area contributed by atoms with Crippen LogP contribution in [0.15, 0.2) is 12.7 Å². The van der Waals surface area contributed by atoms with Crippen LogP contribution in [-0.2, 0) is 28.5 Å². The zero-order chi connectivity index (χ0) is 18.7. The summed E-state index contributed by atoms with van der Waals surface area (Å²) >= 11 is 0. The van der Waals surface area contributed by atoms with Crippen LogP contribution in [-0.4, -0.2) is 66.2 Å². The lowest BCUT2D eigenvalue weighted by atomic mass is 9.86. The Morgan fingerprint density at radius 3 is 2.58 bits per heavy atom. The molecule has 7 nitrogen and oxygen atoms in total. The van der Waals surface area contributed by atoms with Gasteiger partial charge in [0.05, 0.1) is 12.7 Å². The second kappa shape index (κ2) is 6.27. The van der Waals surface area contributed by atoms with Crippen molar-refractivity contribution in [2.45, 2.75) is 82.8 Å². The first-order valence-corrected chi connectivity index (χ1v) is 9.44. The number of hydrogen-bond donors (Lipinski definition) is 0. The Labute approximate surface area is 154 Å². The highest BCUT2D eigenvalue weighted by Crippen LogP contribution is 2.47. The first kappa shape index (κ1) is 18.4. The van der Waals surface area contributed by atoms with Crippen molar-refractivity contribution in [1.29, 1.82) is 0 Å². The molecule has 26 heavy (non-hydrogen) atoms. The molecule has 6 atom stereocenters. The summed E-state index contributed by atoms with van der Waals surface area (Å²) in [6, 6.07) is 0.0188. The summed E-state index contributed by atoms with van der Waals surface area (Å²) in [5, 5.41) is 0. The summed E-state index contributed by atoms with van der Waals surface area (Å²) in [5.41, 5.74) is 0. The van der Waals surface area contributed by atoms with Crippen molar-refractivity contribution in [3.63, 3.8) is 0 Å². The third kappa shape index (κ3) is 3.10. The SMILES string of the molecule is C=CCN1C(=O)CC[C@H]1[C@H]1[C@H]2OC(C)(C)O[C@H]2O[C@@H]1[C@H]1COC(C)(C)O1. The van der Waals surface area contributed by atoms with E-state index in [1.807, 2.05) is 32.6 Å². The van der Waals surface area contributed by atoms with Gasteiger partial charge >= 0.3 is 0 Å². The molecule has 146 valence electrons. The van der Waals surface area contributed by atoms with E-state index in [1.54, 1.807) is 6.08 Å². The number of carbonyl (C=O) groups excluding carboxylic acids is 1. The van der Waals surface area contributed by atoms with Gasteiger partial charge in [0.25, 0.3) is 0 Å². The molecule has 0 unspecified atom stereocenters. The van der Waals surface area contributed by atoms with Crippen LogP contribution < -0.4 is 0 Å². The molecule has 7 heteroatoms. The molecule has 4 saturated heterocycles. The van der Waals surface area contributed by atoms with E-state index in [1.165, 1.54) is 0 Å². The number of amides is 1. The Balaban J connectivity index is 1.62.